The van der Waals surface area contributed by atoms with Crippen molar-refractivity contribution < 1.29 is 9.90 Å². The molecule has 58 valence electrons. The van der Waals surface area contributed by atoms with Gasteiger partial charge in [-0.1, -0.05) is 0 Å². The molecular weight excluding hydrogens is 162 g/mol. The highest BCUT2D eigenvalue weighted by Crippen LogP contribution is 2.09. The quantitative estimate of drug-likeness (QED) is 0.683. The molecule has 3 nitrogen and oxygen atoms in total. The number of hydrogen-bond acceptors (Lipinski definition) is 3. The van der Waals surface area contributed by atoms with Crippen LogP contribution in [0, 0.1) is 6.92 Å². The second-order valence-corrected chi connectivity index (χ2v) is 2.89. The molecular formula is C7H7NO2S. The van der Waals surface area contributed by atoms with Gasteiger partial charge in [0.15, 0.2) is 0 Å². The van der Waals surface area contributed by atoms with E-state index in [9.17, 15) is 4.79 Å². The summed E-state index contributed by atoms with van der Waals surface area (Å²) in [5.41, 5.74) is 0.917. The Balaban J connectivity index is 2.71. The third-order valence-corrected chi connectivity index (χ3v) is 1.93. The second kappa shape index (κ2) is 3.30. The number of rotatable bonds is 2. The van der Waals surface area contributed by atoms with Crippen LogP contribution in [0.5, 0.6) is 0 Å². The minimum Gasteiger partial charge on any atom is -0.478 e. The fourth-order valence-electron chi connectivity index (χ4n) is 0.591. The van der Waals surface area contributed by atoms with Crippen LogP contribution in [0.25, 0.3) is 6.08 Å². The highest BCUT2D eigenvalue weighted by atomic mass is 32.1. The molecule has 0 aliphatic rings. The van der Waals surface area contributed by atoms with E-state index in [2.05, 4.69) is 4.98 Å². The van der Waals surface area contributed by atoms with Gasteiger partial charge in [-0.3, -0.25) is 0 Å². The number of nitrogens with zero attached hydrogens (tertiary/aromatic N) is 1. The predicted molar refractivity (Wildman–Crippen MR) is 43.5 cm³/mol. The van der Waals surface area contributed by atoms with E-state index in [1.165, 1.54) is 17.4 Å². The standard InChI is InChI=1S/C7H7NO2S/c1-5-4-11-6(8-5)2-3-7(9)10/h2-4H,1H3,(H,9,10). The lowest BCUT2D eigenvalue weighted by Gasteiger charge is -1.79. The lowest BCUT2D eigenvalue weighted by atomic mass is 10.5. The van der Waals surface area contributed by atoms with Crippen molar-refractivity contribution in [2.24, 2.45) is 0 Å². The molecule has 0 spiro atoms. The summed E-state index contributed by atoms with van der Waals surface area (Å²) in [4.78, 5) is 14.1. The average Bonchev–Trinajstić information content (AvgIpc) is 2.31. The molecule has 0 bridgehead atoms. The summed E-state index contributed by atoms with van der Waals surface area (Å²) < 4.78 is 0. The van der Waals surface area contributed by atoms with Gasteiger partial charge in [0.1, 0.15) is 5.01 Å². The van der Waals surface area contributed by atoms with Gasteiger partial charge < -0.3 is 5.11 Å². The first-order valence-corrected chi connectivity index (χ1v) is 3.89. The summed E-state index contributed by atoms with van der Waals surface area (Å²) in [5, 5.41) is 10.9. The van der Waals surface area contributed by atoms with Crippen LogP contribution in [0.4, 0.5) is 0 Å². The molecule has 1 N–H and O–H groups in total. The molecule has 1 rings (SSSR count). The van der Waals surface area contributed by atoms with Crippen LogP contribution in [0.15, 0.2) is 11.5 Å². The number of aliphatic carboxylic acids is 1. The van der Waals surface area contributed by atoms with Crippen molar-refractivity contribution in [3.05, 3.63) is 22.2 Å². The molecule has 0 radical (unpaired) electrons. The van der Waals surface area contributed by atoms with E-state index < -0.39 is 5.97 Å². The highest BCUT2D eigenvalue weighted by molar-refractivity contribution is 7.10. The first-order chi connectivity index (χ1) is 5.18. The van der Waals surface area contributed by atoms with E-state index in [0.29, 0.717) is 0 Å². The topological polar surface area (TPSA) is 50.2 Å². The van der Waals surface area contributed by atoms with Gasteiger partial charge in [0, 0.05) is 17.2 Å². The first-order valence-electron chi connectivity index (χ1n) is 3.01. The normalized spacial score (nSPS) is 10.6. The Bertz CT molecular complexity index is 290. The molecule has 1 aromatic rings. The summed E-state index contributed by atoms with van der Waals surface area (Å²) in [6, 6.07) is 0. The Morgan fingerprint density at radius 2 is 2.55 bits per heavy atom. The van der Waals surface area contributed by atoms with E-state index in [1.807, 2.05) is 12.3 Å². The molecule has 0 amide bonds. The number of carbonyl (C=O) groups is 1. The van der Waals surface area contributed by atoms with Crippen molar-refractivity contribution in [2.45, 2.75) is 6.92 Å². The van der Waals surface area contributed by atoms with Crippen molar-refractivity contribution in [1.29, 1.82) is 0 Å². The summed E-state index contributed by atoms with van der Waals surface area (Å²) in [5.74, 6) is -0.946. The van der Waals surface area contributed by atoms with Crippen molar-refractivity contribution in [3.8, 4) is 0 Å². The minimum absolute atomic E-state index is 0.727. The van der Waals surface area contributed by atoms with E-state index in [4.69, 9.17) is 5.11 Å². The first kappa shape index (κ1) is 7.94. The maximum absolute atomic E-state index is 10.1. The second-order valence-electron chi connectivity index (χ2n) is 2.00. The molecule has 0 fully saturated rings. The van der Waals surface area contributed by atoms with Gasteiger partial charge in [0.25, 0.3) is 0 Å². The van der Waals surface area contributed by atoms with Crippen LogP contribution in [0.1, 0.15) is 10.7 Å². The van der Waals surface area contributed by atoms with Crippen molar-refractivity contribution in [3.63, 3.8) is 0 Å². The molecule has 1 aromatic heterocycles. The van der Waals surface area contributed by atoms with E-state index in [-0.39, 0.29) is 0 Å². The highest BCUT2D eigenvalue weighted by Gasteiger charge is 1.93. The molecule has 0 aliphatic heterocycles. The minimum atomic E-state index is -0.946. The van der Waals surface area contributed by atoms with E-state index in [0.717, 1.165) is 16.8 Å². The van der Waals surface area contributed by atoms with Crippen molar-refractivity contribution in [1.82, 2.24) is 4.98 Å². The third kappa shape index (κ3) is 2.51. The molecule has 0 saturated carbocycles. The molecule has 0 saturated heterocycles. The lowest BCUT2D eigenvalue weighted by molar-refractivity contribution is -0.131. The summed E-state index contributed by atoms with van der Waals surface area (Å²) in [6.07, 6.45) is 2.57. The van der Waals surface area contributed by atoms with Crippen LogP contribution in [0.2, 0.25) is 0 Å². The Labute approximate surface area is 68.0 Å². The Hall–Kier alpha value is -1.16. The molecule has 0 aromatic carbocycles. The van der Waals surface area contributed by atoms with Crippen LogP contribution < -0.4 is 0 Å². The molecule has 1 heterocycles. The monoisotopic (exact) mass is 169 g/mol. The Morgan fingerprint density at radius 3 is 3.00 bits per heavy atom. The van der Waals surface area contributed by atoms with Crippen molar-refractivity contribution >= 4 is 23.4 Å². The van der Waals surface area contributed by atoms with E-state index >= 15 is 0 Å². The van der Waals surface area contributed by atoms with Gasteiger partial charge in [-0.25, -0.2) is 9.78 Å². The number of carboxylic acid groups (broad SMARTS) is 1. The SMILES string of the molecule is Cc1csc(C=CC(=O)O)n1. The molecule has 11 heavy (non-hydrogen) atoms. The van der Waals surface area contributed by atoms with Crippen LogP contribution in [-0.2, 0) is 4.79 Å². The molecule has 4 heteroatoms. The van der Waals surface area contributed by atoms with Gasteiger partial charge in [-0.2, -0.15) is 0 Å². The number of carboxylic acids is 1. The molecule has 0 aliphatic carbocycles. The average molecular weight is 169 g/mol. The third-order valence-electron chi connectivity index (χ3n) is 1.01. The fraction of sp³-hybridized carbons (Fsp3) is 0.143. The molecule has 0 atom stereocenters. The fourth-order valence-corrected chi connectivity index (χ4v) is 1.28. The van der Waals surface area contributed by atoms with Gasteiger partial charge in [-0.15, -0.1) is 11.3 Å². The maximum atomic E-state index is 10.1. The smallest absolute Gasteiger partial charge is 0.328 e. The maximum Gasteiger partial charge on any atom is 0.328 e. The van der Waals surface area contributed by atoms with Gasteiger partial charge in [0.2, 0.25) is 0 Å². The predicted octanol–water partition coefficient (Wildman–Crippen LogP) is 1.55. The van der Waals surface area contributed by atoms with E-state index in [1.54, 1.807) is 0 Å². The molecule has 0 unspecified atom stereocenters. The van der Waals surface area contributed by atoms with Crippen molar-refractivity contribution in [2.75, 3.05) is 0 Å². The van der Waals surface area contributed by atoms with Gasteiger partial charge in [0.05, 0.1) is 0 Å². The lowest BCUT2D eigenvalue weighted by Crippen LogP contribution is -1.85. The summed E-state index contributed by atoms with van der Waals surface area (Å²) >= 11 is 1.43. The number of hydrogen-bond donors (Lipinski definition) is 1. The van der Waals surface area contributed by atoms with Crippen LogP contribution in [0.3, 0.4) is 0 Å². The summed E-state index contributed by atoms with van der Waals surface area (Å²) in [7, 11) is 0. The Kier molecular flexibility index (Phi) is 2.38. The zero-order valence-electron chi connectivity index (χ0n) is 5.94. The zero-order chi connectivity index (χ0) is 8.27. The van der Waals surface area contributed by atoms with Crippen LogP contribution in [-0.4, -0.2) is 16.1 Å². The van der Waals surface area contributed by atoms with Gasteiger partial charge in [-0.05, 0) is 13.0 Å². The largest absolute Gasteiger partial charge is 0.478 e. The zero-order valence-corrected chi connectivity index (χ0v) is 6.76. The summed E-state index contributed by atoms with van der Waals surface area (Å²) in [6.45, 7) is 1.87. The number of aryl methyl sites for hydroxylation is 1. The Morgan fingerprint density at radius 1 is 1.82 bits per heavy atom. The number of thiazole rings is 1. The number of aromatic nitrogens is 1. The van der Waals surface area contributed by atoms with Crippen LogP contribution >= 0.6 is 11.3 Å². The van der Waals surface area contributed by atoms with Gasteiger partial charge >= 0.3 is 5.97 Å².